The van der Waals surface area contributed by atoms with Crippen molar-refractivity contribution >= 4 is 27.6 Å². The third-order valence-corrected chi connectivity index (χ3v) is 11.6. The first-order valence-corrected chi connectivity index (χ1v) is 15.2. The molecule has 2 saturated heterocycles. The lowest BCUT2D eigenvalue weighted by Gasteiger charge is -2.40. The van der Waals surface area contributed by atoms with Gasteiger partial charge in [-0.05, 0) is 48.4 Å². The van der Waals surface area contributed by atoms with Gasteiger partial charge in [0.15, 0.2) is 0 Å². The van der Waals surface area contributed by atoms with Crippen LogP contribution in [0.15, 0.2) is 28.8 Å². The third-order valence-electron chi connectivity index (χ3n) is 9.59. The summed E-state index contributed by atoms with van der Waals surface area (Å²) in [4.78, 5) is 33.4. The number of rotatable bonds is 7. The number of aryl methyl sites for hydroxylation is 1. The molecule has 0 radical (unpaired) electrons. The van der Waals surface area contributed by atoms with E-state index in [1.807, 2.05) is 24.3 Å². The lowest BCUT2D eigenvalue weighted by Crippen LogP contribution is -2.53. The van der Waals surface area contributed by atoms with E-state index in [-0.39, 0.29) is 23.1 Å². The fraction of sp³-hybridized carbons (Fsp3) is 0.630. The number of hydrogen-bond donors (Lipinski definition) is 0. The Kier molecular flexibility index (Phi) is 6.35. The van der Waals surface area contributed by atoms with Crippen LogP contribution in [0, 0.1) is 23.7 Å². The van der Waals surface area contributed by atoms with Crippen molar-refractivity contribution in [3.63, 3.8) is 0 Å². The molecule has 11 nitrogen and oxygen atoms in total. The van der Waals surface area contributed by atoms with E-state index in [0.29, 0.717) is 69.7 Å². The molecule has 1 aromatic heterocycles. The van der Waals surface area contributed by atoms with Gasteiger partial charge in [0.05, 0.1) is 12.3 Å². The highest BCUT2D eigenvalue weighted by Crippen LogP contribution is 2.64. The number of carbonyl (C=O) groups is 2. The van der Waals surface area contributed by atoms with Crippen LogP contribution in [-0.2, 0) is 19.6 Å². The summed E-state index contributed by atoms with van der Waals surface area (Å²) in [7, 11) is -3.56. The normalized spacial score (nSPS) is 29.4. The Labute approximate surface area is 228 Å². The molecule has 2 aliphatic heterocycles. The summed E-state index contributed by atoms with van der Waals surface area (Å²) >= 11 is 0. The van der Waals surface area contributed by atoms with E-state index < -0.39 is 21.5 Å². The summed E-state index contributed by atoms with van der Waals surface area (Å²) in [5, 5.41) is 3.92. The lowest BCUT2D eigenvalue weighted by atomic mass is 9.70. The lowest BCUT2D eigenvalue weighted by molar-refractivity contribution is -0.128. The summed E-state index contributed by atoms with van der Waals surface area (Å²) in [6, 6.07) is 7.34. The van der Waals surface area contributed by atoms with Crippen LogP contribution in [0.3, 0.4) is 0 Å². The zero-order valence-electron chi connectivity index (χ0n) is 22.6. The molecule has 4 aliphatic rings. The first-order chi connectivity index (χ1) is 18.5. The Bertz CT molecular complexity index is 1380. The molecule has 2 aliphatic carbocycles. The van der Waals surface area contributed by atoms with E-state index >= 15 is 0 Å². The van der Waals surface area contributed by atoms with Crippen LogP contribution < -0.4 is 4.90 Å². The smallest absolute Gasteiger partial charge is 0.414 e. The minimum absolute atomic E-state index is 0.0807. The first-order valence-electron chi connectivity index (χ1n) is 13.6. The van der Waals surface area contributed by atoms with Gasteiger partial charge in [-0.3, -0.25) is 14.6 Å². The predicted octanol–water partition coefficient (Wildman–Crippen LogP) is 2.71. The number of fused-ring (bicyclic) bond motifs is 2. The summed E-state index contributed by atoms with van der Waals surface area (Å²) in [6.45, 7) is 8.67. The number of sulfonamides is 1. The molecule has 3 atom stereocenters. The van der Waals surface area contributed by atoms with Gasteiger partial charge in [0.2, 0.25) is 21.7 Å². The Morgan fingerprint density at radius 3 is 2.38 bits per heavy atom. The number of anilines is 1. The molecule has 39 heavy (non-hydrogen) atoms. The van der Waals surface area contributed by atoms with Crippen LogP contribution in [0.5, 0.6) is 0 Å². The predicted molar refractivity (Wildman–Crippen MR) is 142 cm³/mol. The Morgan fingerprint density at radius 1 is 1.08 bits per heavy atom. The van der Waals surface area contributed by atoms with Gasteiger partial charge in [-0.1, -0.05) is 19.0 Å². The van der Waals surface area contributed by atoms with Crippen LogP contribution in [0.25, 0.3) is 11.4 Å². The van der Waals surface area contributed by atoms with Gasteiger partial charge in [0.25, 0.3) is 0 Å². The van der Waals surface area contributed by atoms with Gasteiger partial charge in [0, 0.05) is 62.7 Å². The highest BCUT2D eigenvalue weighted by atomic mass is 32.2. The molecule has 1 aromatic carbocycles. The second kappa shape index (κ2) is 9.38. The zero-order chi connectivity index (χ0) is 27.6. The SMILES string of the molecule is Cc1nc(-c2ccc(N3CC(CN4CCN(S(=O)(=O)C[C@]56CCC(CC5=O)C6(C)C)CC4)OC3=O)cc2)no1. The van der Waals surface area contributed by atoms with Crippen molar-refractivity contribution in [2.75, 3.05) is 49.9 Å². The second-order valence-corrected chi connectivity index (χ2v) is 13.9. The van der Waals surface area contributed by atoms with Crippen molar-refractivity contribution in [2.45, 2.75) is 46.1 Å². The number of Topliss-reactive ketones (excluding diaryl/α,β-unsaturated/α-hetero) is 1. The zero-order valence-corrected chi connectivity index (χ0v) is 23.4. The standard InChI is InChI=1S/C27H35N5O6S/c1-18-28-24(29-38-18)19-4-6-21(7-5-19)32-16-22(37-25(32)34)15-30-10-12-31(13-11-30)39(35,36)17-27-9-8-20(14-23(27)33)26(27,2)3/h4-7,20,22H,8-17H2,1-3H3/t20?,22?,27-/m1/s1. The highest BCUT2D eigenvalue weighted by Gasteiger charge is 2.65. The van der Waals surface area contributed by atoms with Gasteiger partial charge in [-0.25, -0.2) is 13.2 Å². The van der Waals surface area contributed by atoms with Gasteiger partial charge >= 0.3 is 6.09 Å². The molecule has 2 bridgehead atoms. The van der Waals surface area contributed by atoms with E-state index in [2.05, 4.69) is 28.9 Å². The fourth-order valence-electron chi connectivity index (χ4n) is 7.02. The summed E-state index contributed by atoms with van der Waals surface area (Å²) in [6.07, 6.45) is 1.40. The van der Waals surface area contributed by atoms with Crippen molar-refractivity contribution in [1.82, 2.24) is 19.3 Å². The number of carbonyl (C=O) groups excluding carboxylic acids is 2. The van der Waals surface area contributed by atoms with E-state index in [9.17, 15) is 18.0 Å². The van der Waals surface area contributed by atoms with Crippen molar-refractivity contribution < 1.29 is 27.3 Å². The average molecular weight is 558 g/mol. The van der Waals surface area contributed by atoms with E-state index in [4.69, 9.17) is 9.26 Å². The van der Waals surface area contributed by atoms with Crippen molar-refractivity contribution in [1.29, 1.82) is 0 Å². The first kappa shape index (κ1) is 26.4. The minimum Gasteiger partial charge on any atom is -0.443 e. The molecule has 6 rings (SSSR count). The number of aromatic nitrogens is 2. The van der Waals surface area contributed by atoms with Crippen LogP contribution >= 0.6 is 0 Å². The Hall–Kier alpha value is -2.83. The van der Waals surface area contributed by atoms with Gasteiger partial charge in [-0.15, -0.1) is 0 Å². The summed E-state index contributed by atoms with van der Waals surface area (Å²) in [5.41, 5.74) is 0.488. The van der Waals surface area contributed by atoms with E-state index in [0.717, 1.165) is 17.7 Å². The van der Waals surface area contributed by atoms with Crippen LogP contribution in [0.4, 0.5) is 10.5 Å². The molecule has 0 spiro atoms. The average Bonchev–Trinajstić information content (AvgIpc) is 3.60. The second-order valence-electron chi connectivity index (χ2n) is 11.9. The molecule has 1 amide bonds. The summed E-state index contributed by atoms with van der Waals surface area (Å²) < 4.78 is 39.1. The number of piperazine rings is 1. The van der Waals surface area contributed by atoms with Gasteiger partial charge in [0.1, 0.15) is 11.9 Å². The topological polar surface area (TPSA) is 126 Å². The quantitative estimate of drug-likeness (QED) is 0.505. The molecule has 2 aromatic rings. The maximum atomic E-state index is 13.4. The Balaban J connectivity index is 1.03. The molecule has 4 fully saturated rings. The minimum atomic E-state index is -3.56. The third kappa shape index (κ3) is 4.46. The van der Waals surface area contributed by atoms with Gasteiger partial charge in [-0.2, -0.15) is 9.29 Å². The molecular weight excluding hydrogens is 522 g/mol. The number of amides is 1. The maximum absolute atomic E-state index is 13.4. The number of ketones is 1. The molecule has 0 N–H and O–H groups in total. The van der Waals surface area contributed by atoms with Crippen molar-refractivity contribution in [3.8, 4) is 11.4 Å². The van der Waals surface area contributed by atoms with Crippen LogP contribution in [-0.4, -0.2) is 90.8 Å². The molecular formula is C27H35N5O6S. The maximum Gasteiger partial charge on any atom is 0.414 e. The van der Waals surface area contributed by atoms with Crippen LogP contribution in [0.2, 0.25) is 0 Å². The molecule has 3 heterocycles. The van der Waals surface area contributed by atoms with Crippen molar-refractivity contribution in [3.05, 3.63) is 30.2 Å². The Morgan fingerprint density at radius 2 is 1.79 bits per heavy atom. The van der Waals surface area contributed by atoms with E-state index in [1.54, 1.807) is 16.1 Å². The number of ether oxygens (including phenoxy) is 1. The highest BCUT2D eigenvalue weighted by molar-refractivity contribution is 7.89. The monoisotopic (exact) mass is 557 g/mol. The molecule has 2 saturated carbocycles. The molecule has 2 unspecified atom stereocenters. The summed E-state index contributed by atoms with van der Waals surface area (Å²) in [5.74, 6) is 1.31. The van der Waals surface area contributed by atoms with Gasteiger partial charge < -0.3 is 9.26 Å². The number of cyclic esters (lactones) is 1. The van der Waals surface area contributed by atoms with Crippen molar-refractivity contribution in [2.24, 2.45) is 16.7 Å². The molecule has 12 heteroatoms. The fourth-order valence-corrected chi connectivity index (χ4v) is 9.23. The number of nitrogens with zero attached hydrogens (tertiary/aromatic N) is 5. The van der Waals surface area contributed by atoms with E-state index in [1.165, 1.54) is 0 Å². The van der Waals surface area contributed by atoms with Crippen LogP contribution in [0.1, 0.15) is 39.0 Å². The molecule has 210 valence electrons. The number of benzene rings is 1. The largest absolute Gasteiger partial charge is 0.443 e. The number of hydrogen-bond acceptors (Lipinski definition) is 9.